The summed E-state index contributed by atoms with van der Waals surface area (Å²) in [7, 11) is 0. The second-order valence-electron chi connectivity index (χ2n) is 7.81. The van der Waals surface area contributed by atoms with Gasteiger partial charge in [0.05, 0.1) is 23.0 Å². The molecule has 0 radical (unpaired) electrons. The number of halogens is 1. The molecule has 0 aromatic carbocycles. The fraction of sp³-hybridized carbons (Fsp3) is 0.450. The Bertz CT molecular complexity index is 992. The van der Waals surface area contributed by atoms with E-state index in [0.29, 0.717) is 36.7 Å². The molecule has 4 heterocycles. The number of rotatable bonds is 4. The lowest BCUT2D eigenvalue weighted by Gasteiger charge is -2.43. The number of piperazine rings is 1. The maximum Gasteiger partial charge on any atom is 0.181 e. The molecule has 1 saturated heterocycles. The summed E-state index contributed by atoms with van der Waals surface area (Å²) in [6, 6.07) is 6.64. The van der Waals surface area contributed by atoms with Gasteiger partial charge in [0.1, 0.15) is 0 Å². The minimum atomic E-state index is -0.905. The van der Waals surface area contributed by atoms with Crippen molar-refractivity contribution >= 4 is 16.9 Å². The Kier molecular flexibility index (Phi) is 4.76. The lowest BCUT2D eigenvalue weighted by atomic mass is 9.84. The molecule has 1 aliphatic heterocycles. The fourth-order valence-electron chi connectivity index (χ4n) is 3.57. The van der Waals surface area contributed by atoms with Crippen molar-refractivity contribution < 1.29 is 10.9 Å². The highest BCUT2D eigenvalue weighted by Gasteiger charge is 2.38. The molecule has 2 atom stereocenters. The molecule has 28 heavy (non-hydrogen) atoms. The first-order chi connectivity index (χ1) is 13.4. The number of nitrogens with one attached hydrogen (secondary N) is 2. The highest BCUT2D eigenvalue weighted by Crippen LogP contribution is 2.29. The van der Waals surface area contributed by atoms with Crippen LogP contribution in [0.3, 0.4) is 0 Å². The lowest BCUT2D eigenvalue weighted by Crippen LogP contribution is -2.62. The van der Waals surface area contributed by atoms with Crippen LogP contribution in [0, 0.1) is 11.7 Å². The monoisotopic (exact) mass is 386 g/mol. The molecule has 2 unspecified atom stereocenters. The summed E-state index contributed by atoms with van der Waals surface area (Å²) >= 11 is 0. The minimum absolute atomic E-state index is 0. The van der Waals surface area contributed by atoms with Gasteiger partial charge in [0.25, 0.3) is 0 Å². The first kappa shape index (κ1) is 18.8. The van der Waals surface area contributed by atoms with E-state index in [1.165, 1.54) is 6.07 Å². The number of aliphatic hydroxyl groups is 1. The van der Waals surface area contributed by atoms with Crippen molar-refractivity contribution in [2.45, 2.75) is 32.4 Å². The molecule has 3 aromatic heterocycles. The van der Waals surface area contributed by atoms with Crippen molar-refractivity contribution in [1.29, 1.82) is 0 Å². The molecule has 0 amide bonds. The van der Waals surface area contributed by atoms with Gasteiger partial charge in [0, 0.05) is 32.6 Å². The van der Waals surface area contributed by atoms with Gasteiger partial charge >= 0.3 is 0 Å². The summed E-state index contributed by atoms with van der Waals surface area (Å²) in [6.45, 7) is 7.53. The third-order valence-corrected chi connectivity index (χ3v) is 5.76. The van der Waals surface area contributed by atoms with Crippen LogP contribution in [0.25, 0.3) is 22.4 Å². The van der Waals surface area contributed by atoms with Crippen LogP contribution in [0.2, 0.25) is 0 Å². The molecule has 1 aliphatic rings. The van der Waals surface area contributed by atoms with Gasteiger partial charge in [-0.3, -0.25) is 5.10 Å². The number of H-pyrrole nitrogens is 1. The predicted molar refractivity (Wildman–Crippen MR) is 109 cm³/mol. The number of anilines is 1. The third-order valence-electron chi connectivity index (χ3n) is 5.76. The van der Waals surface area contributed by atoms with E-state index in [4.69, 9.17) is 0 Å². The van der Waals surface area contributed by atoms with E-state index in [-0.39, 0.29) is 25.0 Å². The molecule has 0 bridgehead atoms. The zero-order valence-corrected chi connectivity index (χ0v) is 16.3. The van der Waals surface area contributed by atoms with Crippen LogP contribution in [-0.4, -0.2) is 56.5 Å². The molecule has 8 heteroatoms. The van der Waals surface area contributed by atoms with Gasteiger partial charge in [0.15, 0.2) is 17.3 Å². The number of pyridine rings is 2. The predicted octanol–water partition coefficient (Wildman–Crippen LogP) is 2.59. The van der Waals surface area contributed by atoms with Crippen molar-refractivity contribution in [2.75, 3.05) is 24.5 Å². The Hall–Kier alpha value is -2.58. The molecule has 3 aromatic rings. The van der Waals surface area contributed by atoms with Gasteiger partial charge in [-0.1, -0.05) is 13.8 Å². The summed E-state index contributed by atoms with van der Waals surface area (Å²) in [4.78, 5) is 10.7. The first-order valence-electron chi connectivity index (χ1n) is 9.54. The van der Waals surface area contributed by atoms with E-state index < -0.39 is 5.60 Å². The average molecular weight is 386 g/mol. The summed E-state index contributed by atoms with van der Waals surface area (Å²) in [6.07, 6.45) is 1.68. The van der Waals surface area contributed by atoms with Gasteiger partial charge in [0.2, 0.25) is 0 Å². The number of hydrogen-bond acceptors (Lipinski definition) is 6. The molecule has 7 nitrogen and oxygen atoms in total. The number of aromatic amines is 1. The lowest BCUT2D eigenvalue weighted by molar-refractivity contribution is -0.0232. The van der Waals surface area contributed by atoms with Crippen LogP contribution in [0.4, 0.5) is 10.2 Å². The smallest absolute Gasteiger partial charge is 0.181 e. The minimum Gasteiger partial charge on any atom is -0.388 e. The van der Waals surface area contributed by atoms with E-state index in [1.54, 1.807) is 12.3 Å². The van der Waals surface area contributed by atoms with E-state index in [9.17, 15) is 9.50 Å². The van der Waals surface area contributed by atoms with Crippen molar-refractivity contribution in [3.8, 4) is 11.4 Å². The molecule has 0 spiro atoms. The van der Waals surface area contributed by atoms with E-state index in [0.717, 1.165) is 5.39 Å². The van der Waals surface area contributed by atoms with Crippen molar-refractivity contribution in [2.24, 2.45) is 5.92 Å². The van der Waals surface area contributed by atoms with Crippen molar-refractivity contribution in [3.05, 3.63) is 36.3 Å². The largest absolute Gasteiger partial charge is 0.388 e. The second-order valence-corrected chi connectivity index (χ2v) is 7.81. The molecule has 0 saturated carbocycles. The van der Waals surface area contributed by atoms with Gasteiger partial charge < -0.3 is 15.3 Å². The summed E-state index contributed by atoms with van der Waals surface area (Å²) in [5.74, 6) is -0.0244. The second kappa shape index (κ2) is 7.10. The standard InChI is InChI=1S/C20H25FN6O.H2/c1-12(2)20(3,28)16-11-27(10-9-22-16)19-14(21)6-7-15(24-19)17-13-5-4-8-23-18(13)26-25-17;/h4-8,12,16,22,28H,9-11H2,1-3H3,(H,23,25,26);1H. The van der Waals surface area contributed by atoms with Crippen molar-refractivity contribution in [1.82, 2.24) is 25.5 Å². The number of nitrogens with zero attached hydrogens (tertiary/aromatic N) is 4. The maximum absolute atomic E-state index is 14.7. The van der Waals surface area contributed by atoms with Gasteiger partial charge in [-0.2, -0.15) is 5.10 Å². The first-order valence-corrected chi connectivity index (χ1v) is 9.54. The quantitative estimate of drug-likeness (QED) is 0.639. The SMILES string of the molecule is CC(C)C(C)(O)C1CN(c2nc(-c3[nH]nc4ncccc34)ccc2F)CCN1.[HH]. The Balaban J connectivity index is 0.00000240. The van der Waals surface area contributed by atoms with Crippen LogP contribution in [0.15, 0.2) is 30.5 Å². The van der Waals surface area contributed by atoms with Gasteiger partial charge in [-0.05, 0) is 37.1 Å². The Morgan fingerprint density at radius 1 is 1.36 bits per heavy atom. The highest BCUT2D eigenvalue weighted by atomic mass is 19.1. The van der Waals surface area contributed by atoms with Crippen LogP contribution < -0.4 is 10.2 Å². The molecule has 150 valence electrons. The highest BCUT2D eigenvalue weighted by molar-refractivity contribution is 5.89. The van der Waals surface area contributed by atoms with E-state index >= 15 is 0 Å². The van der Waals surface area contributed by atoms with E-state index in [1.807, 2.05) is 37.8 Å². The van der Waals surface area contributed by atoms with Crippen molar-refractivity contribution in [3.63, 3.8) is 0 Å². The Morgan fingerprint density at radius 2 is 2.18 bits per heavy atom. The topological polar surface area (TPSA) is 90.0 Å². The molecule has 1 fully saturated rings. The number of aromatic nitrogens is 4. The molecule has 4 rings (SSSR count). The molecule has 0 aliphatic carbocycles. The molecular weight excluding hydrogens is 359 g/mol. The summed E-state index contributed by atoms with van der Waals surface area (Å²) in [5, 5.41) is 22.2. The van der Waals surface area contributed by atoms with Crippen LogP contribution in [-0.2, 0) is 0 Å². The van der Waals surface area contributed by atoms with E-state index in [2.05, 4.69) is 25.5 Å². The summed E-state index contributed by atoms with van der Waals surface area (Å²) < 4.78 is 14.7. The zero-order valence-electron chi connectivity index (χ0n) is 16.3. The Labute approximate surface area is 164 Å². The normalized spacial score (nSPS) is 19.9. The third kappa shape index (κ3) is 3.22. The average Bonchev–Trinajstić information content (AvgIpc) is 3.12. The Morgan fingerprint density at radius 3 is 2.96 bits per heavy atom. The molecule has 3 N–H and O–H groups in total. The maximum atomic E-state index is 14.7. The zero-order chi connectivity index (χ0) is 19.9. The van der Waals surface area contributed by atoms with Crippen LogP contribution in [0.5, 0.6) is 0 Å². The number of hydrogen-bond donors (Lipinski definition) is 3. The number of fused-ring (bicyclic) bond motifs is 1. The molecular formula is C20H27FN6O. The summed E-state index contributed by atoms with van der Waals surface area (Å²) in [5.41, 5.74) is 1.01. The van der Waals surface area contributed by atoms with Crippen LogP contribution >= 0.6 is 0 Å². The van der Waals surface area contributed by atoms with Gasteiger partial charge in [-0.25, -0.2) is 14.4 Å². The van der Waals surface area contributed by atoms with Gasteiger partial charge in [-0.15, -0.1) is 0 Å². The fourth-order valence-corrected chi connectivity index (χ4v) is 3.57. The van der Waals surface area contributed by atoms with Crippen LogP contribution in [0.1, 0.15) is 22.2 Å².